The fourth-order valence-corrected chi connectivity index (χ4v) is 3.28. The Morgan fingerprint density at radius 3 is 2.08 bits per heavy atom. The fraction of sp³-hybridized carbons (Fsp3) is 0.333. The summed E-state index contributed by atoms with van der Waals surface area (Å²) in [6, 6.07) is 13.6. The Morgan fingerprint density at radius 2 is 1.46 bits per heavy atom. The number of hydrogen-bond donors (Lipinski definition) is 2. The molecule has 0 spiro atoms. The number of rotatable bonds is 5. The van der Waals surface area contributed by atoms with Gasteiger partial charge in [-0.05, 0) is 62.1 Å². The minimum absolute atomic E-state index is 0.207. The first-order valence-electron chi connectivity index (χ1n) is 9.04. The van der Waals surface area contributed by atoms with Crippen LogP contribution in [0.3, 0.4) is 0 Å². The second-order valence-corrected chi connectivity index (χ2v) is 6.78. The minimum atomic E-state index is -0.317. The zero-order valence-electron chi connectivity index (χ0n) is 15.3. The normalized spacial score (nSPS) is 13.5. The van der Waals surface area contributed by atoms with Crippen molar-refractivity contribution in [3.05, 3.63) is 53.6 Å². The zero-order chi connectivity index (χ0) is 18.5. The van der Waals surface area contributed by atoms with Gasteiger partial charge in [0.2, 0.25) is 11.8 Å². The molecule has 0 atom stereocenters. The van der Waals surface area contributed by atoms with Crippen LogP contribution in [0.2, 0.25) is 0 Å². The molecule has 1 heterocycles. The number of aryl methyl sites for hydroxylation is 2. The summed E-state index contributed by atoms with van der Waals surface area (Å²) < 4.78 is 0. The van der Waals surface area contributed by atoms with Crippen molar-refractivity contribution < 1.29 is 9.59 Å². The number of carbonyl (C=O) groups is 2. The molecule has 1 fully saturated rings. The lowest BCUT2D eigenvalue weighted by atomic mass is 10.1. The van der Waals surface area contributed by atoms with Gasteiger partial charge in [0, 0.05) is 30.2 Å². The largest absolute Gasteiger partial charge is 0.372 e. The molecule has 0 aromatic heterocycles. The maximum atomic E-state index is 12.2. The molecule has 0 unspecified atom stereocenters. The average molecular weight is 351 g/mol. The van der Waals surface area contributed by atoms with E-state index in [1.807, 2.05) is 56.3 Å². The summed E-state index contributed by atoms with van der Waals surface area (Å²) in [7, 11) is 0. The molecule has 26 heavy (non-hydrogen) atoms. The molecule has 0 aliphatic carbocycles. The van der Waals surface area contributed by atoms with E-state index < -0.39 is 0 Å². The van der Waals surface area contributed by atoms with Gasteiger partial charge in [-0.25, -0.2) is 0 Å². The van der Waals surface area contributed by atoms with Crippen molar-refractivity contribution in [2.24, 2.45) is 0 Å². The molecule has 5 heteroatoms. The van der Waals surface area contributed by atoms with Gasteiger partial charge in [0.1, 0.15) is 6.42 Å². The number of benzene rings is 2. The first-order chi connectivity index (χ1) is 12.5. The van der Waals surface area contributed by atoms with Crippen LogP contribution in [0, 0.1) is 13.8 Å². The van der Waals surface area contributed by atoms with Crippen LogP contribution in [0.25, 0.3) is 0 Å². The molecule has 2 N–H and O–H groups in total. The van der Waals surface area contributed by atoms with Gasteiger partial charge in [-0.3, -0.25) is 9.59 Å². The van der Waals surface area contributed by atoms with Gasteiger partial charge >= 0.3 is 0 Å². The van der Waals surface area contributed by atoms with Crippen molar-refractivity contribution in [2.75, 3.05) is 28.6 Å². The molecule has 2 amide bonds. The predicted octanol–water partition coefficient (Wildman–Crippen LogP) is 3.87. The van der Waals surface area contributed by atoms with Crippen LogP contribution in [0.4, 0.5) is 17.1 Å². The monoisotopic (exact) mass is 351 g/mol. The van der Waals surface area contributed by atoms with E-state index in [4.69, 9.17) is 0 Å². The van der Waals surface area contributed by atoms with Gasteiger partial charge in [0.25, 0.3) is 0 Å². The Kier molecular flexibility index (Phi) is 5.56. The third kappa shape index (κ3) is 4.42. The Balaban J connectivity index is 1.54. The quantitative estimate of drug-likeness (QED) is 0.804. The highest BCUT2D eigenvalue weighted by atomic mass is 16.2. The molecule has 0 bridgehead atoms. The van der Waals surface area contributed by atoms with Crippen LogP contribution in [0.1, 0.15) is 30.4 Å². The van der Waals surface area contributed by atoms with Crippen LogP contribution < -0.4 is 15.5 Å². The Bertz CT molecular complexity index is 773. The van der Waals surface area contributed by atoms with Crippen LogP contribution in [-0.2, 0) is 9.59 Å². The zero-order valence-corrected chi connectivity index (χ0v) is 15.3. The van der Waals surface area contributed by atoms with Gasteiger partial charge in [0.15, 0.2) is 0 Å². The minimum Gasteiger partial charge on any atom is -0.372 e. The first kappa shape index (κ1) is 18.0. The molecule has 2 aromatic rings. The predicted molar refractivity (Wildman–Crippen MR) is 106 cm³/mol. The number of nitrogens with zero attached hydrogens (tertiary/aromatic N) is 1. The van der Waals surface area contributed by atoms with E-state index in [1.54, 1.807) is 0 Å². The summed E-state index contributed by atoms with van der Waals surface area (Å²) in [5.74, 6) is -0.628. The van der Waals surface area contributed by atoms with E-state index in [0.717, 1.165) is 29.9 Å². The second-order valence-electron chi connectivity index (χ2n) is 6.78. The van der Waals surface area contributed by atoms with Gasteiger partial charge in [-0.1, -0.05) is 18.2 Å². The van der Waals surface area contributed by atoms with Crippen molar-refractivity contribution >= 4 is 28.9 Å². The van der Waals surface area contributed by atoms with Gasteiger partial charge in [0.05, 0.1) is 0 Å². The number of hydrogen-bond acceptors (Lipinski definition) is 3. The molecule has 136 valence electrons. The standard InChI is InChI=1S/C21H25N3O2/c1-15-6-5-7-16(2)21(15)23-20(26)14-19(25)22-17-8-10-18(11-9-17)24-12-3-4-13-24/h5-11H,3-4,12-14H2,1-2H3,(H,22,25)(H,23,26). The topological polar surface area (TPSA) is 61.4 Å². The van der Waals surface area contributed by atoms with Crippen molar-refractivity contribution in [3.63, 3.8) is 0 Å². The lowest BCUT2D eigenvalue weighted by molar-refractivity contribution is -0.123. The van der Waals surface area contributed by atoms with Crippen molar-refractivity contribution in [1.82, 2.24) is 0 Å². The summed E-state index contributed by atoms with van der Waals surface area (Å²) in [5.41, 5.74) is 4.62. The van der Waals surface area contributed by atoms with Crippen LogP contribution in [-0.4, -0.2) is 24.9 Å². The highest BCUT2D eigenvalue weighted by molar-refractivity contribution is 6.08. The molecule has 1 aliphatic heterocycles. The molecule has 0 radical (unpaired) electrons. The summed E-state index contributed by atoms with van der Waals surface area (Å²) in [4.78, 5) is 26.6. The molecule has 3 rings (SSSR count). The van der Waals surface area contributed by atoms with E-state index in [1.165, 1.54) is 18.5 Å². The van der Waals surface area contributed by atoms with E-state index in [-0.39, 0.29) is 18.2 Å². The second kappa shape index (κ2) is 8.04. The highest BCUT2D eigenvalue weighted by Gasteiger charge is 2.14. The number of carbonyl (C=O) groups excluding carboxylic acids is 2. The molecule has 1 aliphatic rings. The lowest BCUT2D eigenvalue weighted by Crippen LogP contribution is -2.22. The SMILES string of the molecule is Cc1cccc(C)c1NC(=O)CC(=O)Nc1ccc(N2CCCC2)cc1. The smallest absolute Gasteiger partial charge is 0.233 e. The van der Waals surface area contributed by atoms with Crippen molar-refractivity contribution in [2.45, 2.75) is 33.1 Å². The van der Waals surface area contributed by atoms with Crippen molar-refractivity contribution in [3.8, 4) is 0 Å². The third-order valence-electron chi connectivity index (χ3n) is 4.69. The maximum absolute atomic E-state index is 12.2. The molecule has 1 saturated heterocycles. The molecule has 0 saturated carbocycles. The van der Waals surface area contributed by atoms with E-state index in [2.05, 4.69) is 15.5 Å². The Morgan fingerprint density at radius 1 is 0.885 bits per heavy atom. The Hall–Kier alpha value is -2.82. The number of amides is 2. The van der Waals surface area contributed by atoms with E-state index >= 15 is 0 Å². The van der Waals surface area contributed by atoms with E-state index in [9.17, 15) is 9.59 Å². The highest BCUT2D eigenvalue weighted by Crippen LogP contribution is 2.22. The van der Waals surface area contributed by atoms with Gasteiger partial charge < -0.3 is 15.5 Å². The van der Waals surface area contributed by atoms with Crippen LogP contribution in [0.5, 0.6) is 0 Å². The van der Waals surface area contributed by atoms with Crippen LogP contribution in [0.15, 0.2) is 42.5 Å². The summed E-state index contributed by atoms with van der Waals surface area (Å²) in [5, 5.41) is 5.62. The molecule has 5 nitrogen and oxygen atoms in total. The fourth-order valence-electron chi connectivity index (χ4n) is 3.28. The summed E-state index contributed by atoms with van der Waals surface area (Å²) in [6.45, 7) is 6.05. The molecular formula is C21H25N3O2. The molecule has 2 aromatic carbocycles. The van der Waals surface area contributed by atoms with E-state index in [0.29, 0.717) is 5.69 Å². The number of nitrogens with one attached hydrogen (secondary N) is 2. The number of para-hydroxylation sites is 1. The Labute approximate surface area is 154 Å². The first-order valence-corrected chi connectivity index (χ1v) is 9.04. The van der Waals surface area contributed by atoms with Gasteiger partial charge in [-0.15, -0.1) is 0 Å². The van der Waals surface area contributed by atoms with Crippen LogP contribution >= 0.6 is 0 Å². The van der Waals surface area contributed by atoms with Gasteiger partial charge in [-0.2, -0.15) is 0 Å². The average Bonchev–Trinajstić information content (AvgIpc) is 3.13. The number of anilines is 3. The lowest BCUT2D eigenvalue weighted by Gasteiger charge is -2.17. The molecular weight excluding hydrogens is 326 g/mol. The van der Waals surface area contributed by atoms with Crippen molar-refractivity contribution in [1.29, 1.82) is 0 Å². The maximum Gasteiger partial charge on any atom is 0.233 e. The summed E-state index contributed by atoms with van der Waals surface area (Å²) >= 11 is 0. The summed E-state index contributed by atoms with van der Waals surface area (Å²) in [6.07, 6.45) is 2.25. The third-order valence-corrected chi connectivity index (χ3v) is 4.69.